The fourth-order valence-electron chi connectivity index (χ4n) is 2.11. The summed E-state index contributed by atoms with van der Waals surface area (Å²) in [7, 11) is 0. The number of anilines is 1. The highest BCUT2D eigenvalue weighted by atomic mass is 16.2. The first-order valence-corrected chi connectivity index (χ1v) is 7.13. The molecule has 6 heteroatoms. The third kappa shape index (κ3) is 4.30. The number of nitrogens with zero attached hydrogens (tertiary/aromatic N) is 3. The van der Waals surface area contributed by atoms with Gasteiger partial charge in [0.1, 0.15) is 12.9 Å². The van der Waals surface area contributed by atoms with Gasteiger partial charge in [-0.15, -0.1) is 0 Å². The lowest BCUT2D eigenvalue weighted by Crippen LogP contribution is -2.35. The average molecular weight is 287 g/mol. The zero-order valence-corrected chi connectivity index (χ0v) is 12.4. The Labute approximate surface area is 124 Å². The molecule has 2 aromatic rings. The van der Waals surface area contributed by atoms with Crippen LogP contribution in [0.15, 0.2) is 30.6 Å². The van der Waals surface area contributed by atoms with Gasteiger partial charge in [0.2, 0.25) is 5.91 Å². The number of hydrogen-bond acceptors (Lipinski definition) is 4. The first kappa shape index (κ1) is 15.0. The fourth-order valence-corrected chi connectivity index (χ4v) is 2.11. The van der Waals surface area contributed by atoms with Crippen LogP contribution < -0.4 is 11.1 Å². The van der Waals surface area contributed by atoms with Gasteiger partial charge in [0, 0.05) is 17.3 Å². The second-order valence-corrected chi connectivity index (χ2v) is 5.15. The van der Waals surface area contributed by atoms with Crippen molar-refractivity contribution in [2.75, 3.05) is 5.73 Å². The summed E-state index contributed by atoms with van der Waals surface area (Å²) in [5.41, 5.74) is 7.22. The number of amides is 1. The van der Waals surface area contributed by atoms with Crippen LogP contribution in [0.25, 0.3) is 11.4 Å². The van der Waals surface area contributed by atoms with Crippen LogP contribution in [0.5, 0.6) is 0 Å². The van der Waals surface area contributed by atoms with Crippen LogP contribution in [-0.2, 0) is 11.3 Å². The molecule has 2 rings (SSSR count). The van der Waals surface area contributed by atoms with Gasteiger partial charge in [-0.1, -0.05) is 13.3 Å². The molecule has 1 aromatic carbocycles. The van der Waals surface area contributed by atoms with E-state index in [1.165, 1.54) is 0 Å². The third-order valence-corrected chi connectivity index (χ3v) is 3.14. The third-order valence-electron chi connectivity index (χ3n) is 3.14. The predicted octanol–water partition coefficient (Wildman–Crippen LogP) is 1.83. The maximum Gasteiger partial charge on any atom is 0.242 e. The molecule has 21 heavy (non-hydrogen) atoms. The van der Waals surface area contributed by atoms with Crippen LogP contribution in [0.2, 0.25) is 0 Å². The van der Waals surface area contributed by atoms with E-state index in [9.17, 15) is 4.79 Å². The molecule has 0 aliphatic heterocycles. The van der Waals surface area contributed by atoms with E-state index in [-0.39, 0.29) is 18.5 Å². The van der Waals surface area contributed by atoms with E-state index in [0.29, 0.717) is 11.5 Å². The molecule has 1 unspecified atom stereocenters. The number of aromatic nitrogens is 3. The molecule has 0 spiro atoms. The van der Waals surface area contributed by atoms with Crippen LogP contribution >= 0.6 is 0 Å². The number of benzene rings is 1. The summed E-state index contributed by atoms with van der Waals surface area (Å²) in [6.07, 6.45) is 3.58. The Hall–Kier alpha value is -2.37. The van der Waals surface area contributed by atoms with E-state index in [1.54, 1.807) is 23.1 Å². The van der Waals surface area contributed by atoms with Crippen molar-refractivity contribution in [1.29, 1.82) is 0 Å². The number of nitrogens with one attached hydrogen (secondary N) is 1. The van der Waals surface area contributed by atoms with Gasteiger partial charge in [0.05, 0.1) is 0 Å². The number of nitrogens with two attached hydrogens (primary N) is 1. The molecule has 1 atom stereocenters. The Morgan fingerprint density at radius 1 is 1.38 bits per heavy atom. The Morgan fingerprint density at radius 2 is 2.10 bits per heavy atom. The average Bonchev–Trinajstić information content (AvgIpc) is 2.88. The zero-order chi connectivity index (χ0) is 15.2. The molecule has 0 aliphatic rings. The maximum absolute atomic E-state index is 11.9. The van der Waals surface area contributed by atoms with E-state index < -0.39 is 0 Å². The van der Waals surface area contributed by atoms with Crippen molar-refractivity contribution in [3.05, 3.63) is 30.6 Å². The summed E-state index contributed by atoms with van der Waals surface area (Å²) in [6.45, 7) is 4.28. The van der Waals surface area contributed by atoms with E-state index in [1.807, 2.05) is 19.1 Å². The molecule has 6 nitrogen and oxygen atoms in total. The molecule has 1 amide bonds. The minimum Gasteiger partial charge on any atom is -0.399 e. The molecule has 3 N–H and O–H groups in total. The highest BCUT2D eigenvalue weighted by Crippen LogP contribution is 2.15. The van der Waals surface area contributed by atoms with Crippen LogP contribution in [0, 0.1) is 0 Å². The van der Waals surface area contributed by atoms with Crippen LogP contribution in [0.4, 0.5) is 5.69 Å². The van der Waals surface area contributed by atoms with Gasteiger partial charge in [-0.2, -0.15) is 5.10 Å². The first-order chi connectivity index (χ1) is 10.1. The van der Waals surface area contributed by atoms with Crippen LogP contribution in [-0.4, -0.2) is 26.7 Å². The minimum absolute atomic E-state index is 0.0512. The largest absolute Gasteiger partial charge is 0.399 e. The summed E-state index contributed by atoms with van der Waals surface area (Å²) in [5.74, 6) is 0.536. The van der Waals surface area contributed by atoms with Gasteiger partial charge >= 0.3 is 0 Å². The van der Waals surface area contributed by atoms with Crippen molar-refractivity contribution in [3.63, 3.8) is 0 Å². The number of carbonyl (C=O) groups is 1. The molecule has 0 radical (unpaired) electrons. The highest BCUT2D eigenvalue weighted by molar-refractivity contribution is 5.75. The van der Waals surface area contributed by atoms with Gasteiger partial charge in [0.15, 0.2) is 5.82 Å². The second-order valence-electron chi connectivity index (χ2n) is 5.15. The molecule has 112 valence electrons. The van der Waals surface area contributed by atoms with Crippen molar-refractivity contribution in [3.8, 4) is 11.4 Å². The van der Waals surface area contributed by atoms with Crippen molar-refractivity contribution in [2.45, 2.75) is 39.3 Å². The Morgan fingerprint density at radius 3 is 2.76 bits per heavy atom. The monoisotopic (exact) mass is 287 g/mol. The molecular formula is C15H21N5O. The molecule has 0 aliphatic carbocycles. The fraction of sp³-hybridized carbons (Fsp3) is 0.400. The molecule has 1 heterocycles. The van der Waals surface area contributed by atoms with Gasteiger partial charge in [-0.25, -0.2) is 9.67 Å². The van der Waals surface area contributed by atoms with Gasteiger partial charge in [0.25, 0.3) is 0 Å². The highest BCUT2D eigenvalue weighted by Gasteiger charge is 2.09. The van der Waals surface area contributed by atoms with E-state index in [2.05, 4.69) is 22.3 Å². The molecule has 0 bridgehead atoms. The summed E-state index contributed by atoms with van der Waals surface area (Å²) in [4.78, 5) is 16.1. The normalized spacial score (nSPS) is 12.1. The number of carbonyl (C=O) groups excluding carboxylic acids is 1. The summed E-state index contributed by atoms with van der Waals surface area (Å²) in [6, 6.07) is 7.50. The lowest BCUT2D eigenvalue weighted by molar-refractivity contribution is -0.122. The summed E-state index contributed by atoms with van der Waals surface area (Å²) in [5, 5.41) is 7.25. The number of rotatable bonds is 6. The van der Waals surface area contributed by atoms with E-state index in [0.717, 1.165) is 18.4 Å². The SMILES string of the molecule is CCCC(C)NC(=O)Cn1cnc(-c2ccc(N)cc2)n1. The summed E-state index contributed by atoms with van der Waals surface area (Å²) >= 11 is 0. The standard InChI is InChI=1S/C15H21N5O/c1-3-4-11(2)18-14(21)9-20-10-17-15(19-20)12-5-7-13(16)8-6-12/h5-8,10-11H,3-4,9,16H2,1-2H3,(H,18,21). The van der Waals surface area contributed by atoms with Crippen LogP contribution in [0.3, 0.4) is 0 Å². The van der Waals surface area contributed by atoms with Gasteiger partial charge in [-0.3, -0.25) is 4.79 Å². The first-order valence-electron chi connectivity index (χ1n) is 7.13. The van der Waals surface area contributed by atoms with Gasteiger partial charge < -0.3 is 11.1 Å². The molecule has 0 saturated heterocycles. The number of hydrogen-bond donors (Lipinski definition) is 2. The lowest BCUT2D eigenvalue weighted by Gasteiger charge is -2.12. The quantitative estimate of drug-likeness (QED) is 0.794. The van der Waals surface area contributed by atoms with Crippen molar-refractivity contribution in [1.82, 2.24) is 20.1 Å². The zero-order valence-electron chi connectivity index (χ0n) is 12.4. The lowest BCUT2D eigenvalue weighted by atomic mass is 10.2. The topological polar surface area (TPSA) is 85.8 Å². The van der Waals surface area contributed by atoms with E-state index in [4.69, 9.17) is 5.73 Å². The Balaban J connectivity index is 1.97. The van der Waals surface area contributed by atoms with Gasteiger partial charge in [-0.05, 0) is 37.6 Å². The maximum atomic E-state index is 11.9. The second kappa shape index (κ2) is 6.88. The summed E-state index contributed by atoms with van der Waals surface area (Å²) < 4.78 is 1.54. The van der Waals surface area contributed by atoms with Crippen LogP contribution in [0.1, 0.15) is 26.7 Å². The number of nitrogen functional groups attached to an aromatic ring is 1. The molecular weight excluding hydrogens is 266 g/mol. The van der Waals surface area contributed by atoms with Crippen molar-refractivity contribution >= 4 is 11.6 Å². The molecule has 0 saturated carbocycles. The smallest absolute Gasteiger partial charge is 0.242 e. The molecule has 0 fully saturated rings. The molecule has 1 aromatic heterocycles. The van der Waals surface area contributed by atoms with Crippen molar-refractivity contribution < 1.29 is 4.79 Å². The van der Waals surface area contributed by atoms with E-state index >= 15 is 0 Å². The predicted molar refractivity (Wildman–Crippen MR) is 82.4 cm³/mol. The van der Waals surface area contributed by atoms with Crippen molar-refractivity contribution in [2.24, 2.45) is 0 Å². The Kier molecular flexibility index (Phi) is 4.92. The Bertz CT molecular complexity index is 590. The minimum atomic E-state index is -0.0512.